The maximum absolute atomic E-state index is 10.5. The fourth-order valence-corrected chi connectivity index (χ4v) is 1.88. The molecule has 0 aliphatic rings. The van der Waals surface area contributed by atoms with Crippen molar-refractivity contribution in [2.24, 2.45) is 5.92 Å². The Labute approximate surface area is 74.3 Å². The summed E-state index contributed by atoms with van der Waals surface area (Å²) in [6.07, 6.45) is 3.92. The zero-order chi connectivity index (χ0) is 9.61. The van der Waals surface area contributed by atoms with E-state index in [1.54, 1.807) is 0 Å². The van der Waals surface area contributed by atoms with Crippen molar-refractivity contribution in [2.45, 2.75) is 39.5 Å². The van der Waals surface area contributed by atoms with Crippen LogP contribution in [0.3, 0.4) is 0 Å². The molecule has 0 heterocycles. The Morgan fingerprint density at radius 1 is 1.33 bits per heavy atom. The molecule has 12 heavy (non-hydrogen) atoms. The molecule has 0 aromatic heterocycles. The van der Waals surface area contributed by atoms with Crippen molar-refractivity contribution in [2.75, 3.05) is 6.16 Å². The number of hydrogen-bond donors (Lipinski definition) is 2. The van der Waals surface area contributed by atoms with E-state index < -0.39 is 7.60 Å². The Kier molecular flexibility index (Phi) is 5.81. The lowest BCUT2D eigenvalue weighted by Crippen LogP contribution is -1.96. The van der Waals surface area contributed by atoms with Crippen LogP contribution in [0.2, 0.25) is 0 Å². The lowest BCUT2D eigenvalue weighted by Gasteiger charge is -2.09. The van der Waals surface area contributed by atoms with Gasteiger partial charge >= 0.3 is 7.60 Å². The van der Waals surface area contributed by atoms with Gasteiger partial charge in [0.1, 0.15) is 0 Å². The molecule has 0 fully saturated rings. The van der Waals surface area contributed by atoms with Crippen molar-refractivity contribution < 1.29 is 14.4 Å². The van der Waals surface area contributed by atoms with Crippen LogP contribution in [0, 0.1) is 5.92 Å². The molecule has 2 N–H and O–H groups in total. The van der Waals surface area contributed by atoms with Gasteiger partial charge in [0.15, 0.2) is 0 Å². The Morgan fingerprint density at radius 2 is 1.92 bits per heavy atom. The molecule has 0 spiro atoms. The van der Waals surface area contributed by atoms with Gasteiger partial charge in [-0.05, 0) is 12.3 Å². The van der Waals surface area contributed by atoms with E-state index in [1.807, 2.05) is 0 Å². The Hall–Kier alpha value is 0.150. The van der Waals surface area contributed by atoms with E-state index in [0.29, 0.717) is 12.3 Å². The lowest BCUT2D eigenvalue weighted by atomic mass is 10.0. The molecular weight excluding hydrogens is 175 g/mol. The van der Waals surface area contributed by atoms with Gasteiger partial charge in [-0.1, -0.05) is 33.1 Å². The summed E-state index contributed by atoms with van der Waals surface area (Å²) in [5.41, 5.74) is 0. The topological polar surface area (TPSA) is 57.5 Å². The number of hydrogen-bond acceptors (Lipinski definition) is 1. The second-order valence-electron chi connectivity index (χ2n) is 3.42. The Balaban J connectivity index is 3.37. The third-order valence-corrected chi connectivity index (χ3v) is 2.83. The lowest BCUT2D eigenvalue weighted by molar-refractivity contribution is 0.367. The third kappa shape index (κ3) is 8.25. The highest BCUT2D eigenvalue weighted by molar-refractivity contribution is 7.51. The zero-order valence-corrected chi connectivity index (χ0v) is 8.76. The SMILES string of the molecule is CCCC(C)CCCP(=O)(O)O. The highest BCUT2D eigenvalue weighted by atomic mass is 31.2. The van der Waals surface area contributed by atoms with E-state index in [9.17, 15) is 4.57 Å². The summed E-state index contributed by atoms with van der Waals surface area (Å²) in [4.78, 5) is 17.1. The summed E-state index contributed by atoms with van der Waals surface area (Å²) in [5.74, 6) is 0.599. The van der Waals surface area contributed by atoms with Crippen LogP contribution in [0.25, 0.3) is 0 Å². The summed E-state index contributed by atoms with van der Waals surface area (Å²) in [7, 11) is -3.74. The first-order valence-corrected chi connectivity index (χ1v) is 6.30. The molecule has 3 nitrogen and oxygen atoms in total. The van der Waals surface area contributed by atoms with Gasteiger partial charge in [-0.2, -0.15) is 0 Å². The smallest absolute Gasteiger partial charge is 0.324 e. The van der Waals surface area contributed by atoms with E-state index >= 15 is 0 Å². The van der Waals surface area contributed by atoms with Crippen LogP contribution in [0.4, 0.5) is 0 Å². The normalized spacial score (nSPS) is 14.7. The van der Waals surface area contributed by atoms with Crippen LogP contribution in [0.15, 0.2) is 0 Å². The summed E-state index contributed by atoms with van der Waals surface area (Å²) >= 11 is 0. The van der Waals surface area contributed by atoms with Gasteiger partial charge in [0.25, 0.3) is 0 Å². The molecule has 1 unspecified atom stereocenters. The Morgan fingerprint density at radius 3 is 2.33 bits per heavy atom. The van der Waals surface area contributed by atoms with Gasteiger partial charge in [-0.15, -0.1) is 0 Å². The van der Waals surface area contributed by atoms with E-state index in [-0.39, 0.29) is 6.16 Å². The van der Waals surface area contributed by atoms with Crippen molar-refractivity contribution in [3.8, 4) is 0 Å². The molecular formula is C8H19O3P. The fourth-order valence-electron chi connectivity index (χ4n) is 1.28. The van der Waals surface area contributed by atoms with Gasteiger partial charge in [-0.3, -0.25) is 4.57 Å². The molecule has 0 saturated carbocycles. The fraction of sp³-hybridized carbons (Fsp3) is 1.00. The third-order valence-electron chi connectivity index (χ3n) is 1.93. The molecule has 0 saturated heterocycles. The van der Waals surface area contributed by atoms with Gasteiger partial charge in [0.2, 0.25) is 0 Å². The van der Waals surface area contributed by atoms with Crippen molar-refractivity contribution in [1.82, 2.24) is 0 Å². The van der Waals surface area contributed by atoms with Crippen molar-refractivity contribution >= 4 is 7.60 Å². The van der Waals surface area contributed by atoms with Crippen LogP contribution >= 0.6 is 7.60 Å². The van der Waals surface area contributed by atoms with E-state index in [0.717, 1.165) is 19.3 Å². The predicted octanol–water partition coefficient (Wildman–Crippen LogP) is 2.38. The van der Waals surface area contributed by atoms with Crippen LogP contribution < -0.4 is 0 Å². The van der Waals surface area contributed by atoms with E-state index in [4.69, 9.17) is 9.79 Å². The summed E-state index contributed by atoms with van der Waals surface area (Å²) in [5, 5.41) is 0. The van der Waals surface area contributed by atoms with Crippen LogP contribution in [0.1, 0.15) is 39.5 Å². The van der Waals surface area contributed by atoms with Crippen molar-refractivity contribution in [3.63, 3.8) is 0 Å². The quantitative estimate of drug-likeness (QED) is 0.638. The maximum Gasteiger partial charge on any atom is 0.325 e. The van der Waals surface area contributed by atoms with Crippen LogP contribution in [0.5, 0.6) is 0 Å². The molecule has 4 heteroatoms. The summed E-state index contributed by atoms with van der Waals surface area (Å²) in [6.45, 7) is 4.25. The molecule has 0 aromatic carbocycles. The minimum atomic E-state index is -3.74. The van der Waals surface area contributed by atoms with Crippen molar-refractivity contribution in [1.29, 1.82) is 0 Å². The largest absolute Gasteiger partial charge is 0.325 e. The van der Waals surface area contributed by atoms with Crippen LogP contribution in [-0.4, -0.2) is 15.9 Å². The van der Waals surface area contributed by atoms with E-state index in [1.165, 1.54) is 0 Å². The molecule has 0 radical (unpaired) electrons. The van der Waals surface area contributed by atoms with Crippen LogP contribution in [-0.2, 0) is 4.57 Å². The van der Waals surface area contributed by atoms with Gasteiger partial charge in [-0.25, -0.2) is 0 Å². The first kappa shape index (κ1) is 12.2. The minimum Gasteiger partial charge on any atom is -0.324 e. The maximum atomic E-state index is 10.5. The monoisotopic (exact) mass is 194 g/mol. The molecule has 0 bridgehead atoms. The van der Waals surface area contributed by atoms with Gasteiger partial charge in [0.05, 0.1) is 0 Å². The molecule has 74 valence electrons. The molecule has 0 amide bonds. The van der Waals surface area contributed by atoms with Gasteiger partial charge in [0, 0.05) is 6.16 Å². The standard InChI is InChI=1S/C8H19O3P/c1-3-5-8(2)6-4-7-12(9,10)11/h8H,3-7H2,1-2H3,(H2,9,10,11). The zero-order valence-electron chi connectivity index (χ0n) is 7.86. The molecule has 0 aliphatic carbocycles. The minimum absolute atomic E-state index is 0.0427. The molecule has 1 atom stereocenters. The molecule has 0 rings (SSSR count). The Bertz CT molecular complexity index is 152. The molecule has 0 aliphatic heterocycles. The predicted molar refractivity (Wildman–Crippen MR) is 50.2 cm³/mol. The second kappa shape index (κ2) is 5.74. The average molecular weight is 194 g/mol. The average Bonchev–Trinajstić information content (AvgIpc) is 1.84. The first-order valence-electron chi connectivity index (χ1n) is 4.50. The molecule has 0 aromatic rings. The summed E-state index contributed by atoms with van der Waals surface area (Å²) in [6, 6.07) is 0. The van der Waals surface area contributed by atoms with E-state index in [2.05, 4.69) is 13.8 Å². The first-order chi connectivity index (χ1) is 5.45. The van der Waals surface area contributed by atoms with Crippen molar-refractivity contribution in [3.05, 3.63) is 0 Å². The summed E-state index contributed by atoms with van der Waals surface area (Å²) < 4.78 is 10.5. The highest BCUT2D eigenvalue weighted by Gasteiger charge is 2.12. The van der Waals surface area contributed by atoms with Gasteiger partial charge < -0.3 is 9.79 Å². The second-order valence-corrected chi connectivity index (χ2v) is 5.20. The number of rotatable bonds is 6. The highest BCUT2D eigenvalue weighted by Crippen LogP contribution is 2.35.